The average molecular weight is 252 g/mol. The normalized spacial score (nSPS) is 9.89. The smallest absolute Gasteiger partial charge is 0.335 e. The summed E-state index contributed by atoms with van der Waals surface area (Å²) in [6, 6.07) is 5.99. The van der Waals surface area contributed by atoms with Crippen LogP contribution in [0.4, 0.5) is 4.79 Å². The van der Waals surface area contributed by atoms with Crippen molar-refractivity contribution in [3.8, 4) is 0 Å². The Labute approximate surface area is 105 Å². The molecule has 0 aliphatic heterocycles. The number of nitrogens with zero attached hydrogens (tertiary/aromatic N) is 1. The minimum Gasteiger partial charge on any atom is -0.478 e. The molecule has 0 aliphatic rings. The van der Waals surface area contributed by atoms with E-state index in [4.69, 9.17) is 10.2 Å². The summed E-state index contributed by atoms with van der Waals surface area (Å²) >= 11 is 0. The predicted octanol–water partition coefficient (Wildman–Crippen LogP) is 0.518. The van der Waals surface area contributed by atoms with Gasteiger partial charge in [-0.05, 0) is 17.7 Å². The summed E-state index contributed by atoms with van der Waals surface area (Å²) in [5, 5.41) is 20.1. The maximum Gasteiger partial charge on any atom is 0.335 e. The molecule has 0 heterocycles. The Bertz CT molecular complexity index is 417. The summed E-state index contributed by atoms with van der Waals surface area (Å²) in [5.74, 6) is -0.978. The summed E-state index contributed by atoms with van der Waals surface area (Å²) in [5.41, 5.74) is 1.02. The van der Waals surface area contributed by atoms with Crippen LogP contribution in [-0.2, 0) is 6.54 Å². The first-order chi connectivity index (χ1) is 8.54. The average Bonchev–Trinajstić information content (AvgIpc) is 2.36. The fourth-order valence-electron chi connectivity index (χ4n) is 1.33. The number of urea groups is 1. The number of carboxylic acid groups (broad SMARTS) is 1. The fourth-order valence-corrected chi connectivity index (χ4v) is 1.33. The Kier molecular flexibility index (Phi) is 5.13. The van der Waals surface area contributed by atoms with Crippen molar-refractivity contribution in [3.63, 3.8) is 0 Å². The molecule has 18 heavy (non-hydrogen) atoms. The number of likely N-dealkylation sites (N-methyl/N-ethyl adjacent to an activating group) is 1. The molecule has 0 unspecified atom stereocenters. The molecular formula is C12H16N2O4. The number of carbonyl (C=O) groups is 2. The molecule has 6 nitrogen and oxygen atoms in total. The Morgan fingerprint density at radius 3 is 2.39 bits per heavy atom. The van der Waals surface area contributed by atoms with Crippen LogP contribution in [0, 0.1) is 0 Å². The highest BCUT2D eigenvalue weighted by molar-refractivity contribution is 5.87. The molecule has 0 saturated heterocycles. The molecule has 1 aromatic carbocycles. The Morgan fingerprint density at radius 1 is 1.28 bits per heavy atom. The first-order valence-electron chi connectivity index (χ1n) is 5.46. The van der Waals surface area contributed by atoms with E-state index in [0.29, 0.717) is 6.54 Å². The van der Waals surface area contributed by atoms with Crippen molar-refractivity contribution in [3.05, 3.63) is 35.4 Å². The molecule has 1 rings (SSSR count). The minimum absolute atomic E-state index is 0.0861. The molecule has 0 aromatic heterocycles. The van der Waals surface area contributed by atoms with Gasteiger partial charge >= 0.3 is 12.0 Å². The molecule has 3 N–H and O–H groups in total. The Morgan fingerprint density at radius 2 is 1.89 bits per heavy atom. The molecule has 0 atom stereocenters. The number of carboxylic acids is 1. The van der Waals surface area contributed by atoms with Gasteiger partial charge in [-0.25, -0.2) is 9.59 Å². The number of rotatable bonds is 5. The van der Waals surface area contributed by atoms with Crippen molar-refractivity contribution in [2.75, 3.05) is 20.2 Å². The summed E-state index contributed by atoms with van der Waals surface area (Å²) in [6.07, 6.45) is 0. The predicted molar refractivity (Wildman–Crippen MR) is 65.4 cm³/mol. The zero-order valence-electron chi connectivity index (χ0n) is 10.1. The summed E-state index contributed by atoms with van der Waals surface area (Å²) < 4.78 is 0. The second-order valence-corrected chi connectivity index (χ2v) is 3.81. The van der Waals surface area contributed by atoms with E-state index in [1.807, 2.05) is 0 Å². The highest BCUT2D eigenvalue weighted by Gasteiger charge is 2.07. The van der Waals surface area contributed by atoms with Crippen molar-refractivity contribution in [1.29, 1.82) is 0 Å². The van der Waals surface area contributed by atoms with Gasteiger partial charge in [-0.2, -0.15) is 0 Å². The molecule has 0 bridgehead atoms. The maximum absolute atomic E-state index is 11.5. The van der Waals surface area contributed by atoms with E-state index >= 15 is 0 Å². The van der Waals surface area contributed by atoms with Gasteiger partial charge in [0.15, 0.2) is 0 Å². The number of aliphatic hydroxyl groups is 1. The van der Waals surface area contributed by atoms with Crippen molar-refractivity contribution < 1.29 is 19.8 Å². The third kappa shape index (κ3) is 4.06. The number of amides is 2. The maximum atomic E-state index is 11.5. The Hall–Kier alpha value is -2.08. The summed E-state index contributed by atoms with van der Waals surface area (Å²) in [6.45, 7) is 0.496. The highest BCUT2D eigenvalue weighted by atomic mass is 16.4. The van der Waals surface area contributed by atoms with Gasteiger partial charge in [-0.1, -0.05) is 12.1 Å². The van der Waals surface area contributed by atoms with Crippen LogP contribution in [0.1, 0.15) is 15.9 Å². The quantitative estimate of drug-likeness (QED) is 0.712. The van der Waals surface area contributed by atoms with Gasteiger partial charge in [0.05, 0.1) is 12.2 Å². The second kappa shape index (κ2) is 6.61. The number of benzene rings is 1. The van der Waals surface area contributed by atoms with E-state index in [0.717, 1.165) is 5.56 Å². The molecule has 0 spiro atoms. The number of nitrogens with one attached hydrogen (secondary N) is 1. The van der Waals surface area contributed by atoms with Gasteiger partial charge in [0.1, 0.15) is 0 Å². The zero-order valence-corrected chi connectivity index (χ0v) is 10.1. The van der Waals surface area contributed by atoms with E-state index in [1.54, 1.807) is 19.2 Å². The van der Waals surface area contributed by atoms with E-state index in [2.05, 4.69) is 5.32 Å². The highest BCUT2D eigenvalue weighted by Crippen LogP contribution is 2.04. The van der Waals surface area contributed by atoms with Gasteiger partial charge in [0.2, 0.25) is 0 Å². The lowest BCUT2D eigenvalue weighted by Crippen LogP contribution is -2.38. The van der Waals surface area contributed by atoms with E-state index in [9.17, 15) is 9.59 Å². The van der Waals surface area contributed by atoms with Gasteiger partial charge in [0.25, 0.3) is 0 Å². The Balaban J connectivity index is 2.48. The van der Waals surface area contributed by atoms with Crippen LogP contribution in [-0.4, -0.2) is 47.3 Å². The van der Waals surface area contributed by atoms with Crippen LogP contribution in [0.5, 0.6) is 0 Å². The molecule has 2 amide bonds. The number of aliphatic hydroxyl groups excluding tert-OH is 1. The molecular weight excluding hydrogens is 236 g/mol. The van der Waals surface area contributed by atoms with Crippen molar-refractivity contribution in [2.24, 2.45) is 0 Å². The zero-order chi connectivity index (χ0) is 13.5. The minimum atomic E-state index is -0.978. The molecule has 0 aliphatic carbocycles. The number of hydrogen-bond donors (Lipinski definition) is 3. The number of hydrogen-bond acceptors (Lipinski definition) is 3. The van der Waals surface area contributed by atoms with Crippen LogP contribution in [0.15, 0.2) is 24.3 Å². The molecule has 6 heteroatoms. The third-order valence-electron chi connectivity index (χ3n) is 2.43. The number of carbonyl (C=O) groups excluding carboxylic acids is 1. The molecule has 0 fully saturated rings. The van der Waals surface area contributed by atoms with E-state index < -0.39 is 5.97 Å². The van der Waals surface area contributed by atoms with Crippen molar-refractivity contribution in [2.45, 2.75) is 6.54 Å². The molecule has 0 radical (unpaired) electrons. The second-order valence-electron chi connectivity index (χ2n) is 3.81. The molecule has 98 valence electrons. The van der Waals surface area contributed by atoms with Gasteiger partial charge < -0.3 is 20.4 Å². The van der Waals surface area contributed by atoms with Gasteiger partial charge in [-0.15, -0.1) is 0 Å². The first kappa shape index (κ1) is 14.0. The third-order valence-corrected chi connectivity index (χ3v) is 2.43. The van der Waals surface area contributed by atoms with Crippen molar-refractivity contribution >= 4 is 12.0 Å². The fraction of sp³-hybridized carbons (Fsp3) is 0.333. The SMILES string of the molecule is CN(CCO)C(=O)NCc1ccc(C(=O)O)cc1. The summed E-state index contributed by atoms with van der Waals surface area (Å²) in [7, 11) is 1.58. The topological polar surface area (TPSA) is 89.9 Å². The monoisotopic (exact) mass is 252 g/mol. The molecule has 0 saturated carbocycles. The van der Waals surface area contributed by atoms with Crippen LogP contribution in [0.3, 0.4) is 0 Å². The van der Waals surface area contributed by atoms with Gasteiger partial charge in [0, 0.05) is 20.1 Å². The van der Waals surface area contributed by atoms with E-state index in [1.165, 1.54) is 17.0 Å². The lowest BCUT2D eigenvalue weighted by Gasteiger charge is -2.16. The number of aromatic carboxylic acids is 1. The summed E-state index contributed by atoms with van der Waals surface area (Å²) in [4.78, 5) is 23.5. The van der Waals surface area contributed by atoms with Gasteiger partial charge in [-0.3, -0.25) is 0 Å². The van der Waals surface area contributed by atoms with Crippen LogP contribution < -0.4 is 5.32 Å². The van der Waals surface area contributed by atoms with Crippen LogP contribution in [0.25, 0.3) is 0 Å². The van der Waals surface area contributed by atoms with E-state index in [-0.39, 0.29) is 24.7 Å². The van der Waals surface area contributed by atoms with Crippen LogP contribution in [0.2, 0.25) is 0 Å². The largest absolute Gasteiger partial charge is 0.478 e. The lowest BCUT2D eigenvalue weighted by molar-refractivity contribution is 0.0697. The molecule has 1 aromatic rings. The first-order valence-corrected chi connectivity index (χ1v) is 5.46. The lowest BCUT2D eigenvalue weighted by atomic mass is 10.1. The standard InChI is InChI=1S/C12H16N2O4/c1-14(6-7-15)12(18)13-8-9-2-4-10(5-3-9)11(16)17/h2-5,15H,6-8H2,1H3,(H,13,18)(H,16,17). The van der Waals surface area contributed by atoms with Crippen LogP contribution >= 0.6 is 0 Å². The van der Waals surface area contributed by atoms with Crippen molar-refractivity contribution in [1.82, 2.24) is 10.2 Å².